The van der Waals surface area contributed by atoms with Crippen LogP contribution in [0.2, 0.25) is 5.02 Å². The average Bonchev–Trinajstić information content (AvgIpc) is 2.83. The van der Waals surface area contributed by atoms with Crippen molar-refractivity contribution in [3.63, 3.8) is 0 Å². The molecule has 3 rings (SSSR count). The molecule has 0 aromatic heterocycles. The number of ether oxygens (including phenoxy) is 3. The van der Waals surface area contributed by atoms with E-state index in [1.165, 1.54) is 13.3 Å². The lowest BCUT2D eigenvalue weighted by molar-refractivity contribution is -0.119. The second-order valence-electron chi connectivity index (χ2n) is 6.63. The number of carbonyl (C=O) groups excluding carboxylic acids is 2. The number of para-hydroxylation sites is 2. The lowest BCUT2D eigenvalue weighted by atomic mass is 10.2. The first-order valence-corrected chi connectivity index (χ1v) is 10.2. The topological polar surface area (TPSA) is 98.3 Å². The summed E-state index contributed by atoms with van der Waals surface area (Å²) in [7, 11) is 3.01. The van der Waals surface area contributed by atoms with Gasteiger partial charge in [0.2, 0.25) is 0 Å². The highest BCUT2D eigenvalue weighted by Crippen LogP contribution is 2.29. The summed E-state index contributed by atoms with van der Waals surface area (Å²) in [5, 5.41) is 7.22. The standard InChI is InChI=1S/C24H22ClN3O5/c1-31-20-10-6-5-9-19(20)26-15-23(29)28-27-14-16-11-12-21(22(13-16)32-2)33-24(30)17-7-3-4-8-18(17)25/h3-14,26H,15H2,1-2H3,(H,28,29)/b27-14+. The van der Waals surface area contributed by atoms with E-state index in [2.05, 4.69) is 15.8 Å². The monoisotopic (exact) mass is 467 g/mol. The van der Waals surface area contributed by atoms with Gasteiger partial charge >= 0.3 is 5.97 Å². The molecule has 0 atom stereocenters. The maximum Gasteiger partial charge on any atom is 0.345 e. The molecule has 0 saturated heterocycles. The highest BCUT2D eigenvalue weighted by Gasteiger charge is 2.15. The summed E-state index contributed by atoms with van der Waals surface area (Å²) in [5.74, 6) is 0.244. The molecule has 0 fully saturated rings. The first-order valence-electron chi connectivity index (χ1n) is 9.85. The summed E-state index contributed by atoms with van der Waals surface area (Å²) >= 11 is 6.04. The van der Waals surface area contributed by atoms with Gasteiger partial charge in [0.05, 0.1) is 43.3 Å². The van der Waals surface area contributed by atoms with Crippen LogP contribution in [0.5, 0.6) is 17.2 Å². The molecule has 170 valence electrons. The molecule has 0 aliphatic heterocycles. The summed E-state index contributed by atoms with van der Waals surface area (Å²) in [6, 6.07) is 18.7. The maximum absolute atomic E-state index is 12.4. The Balaban J connectivity index is 1.58. The first-order chi connectivity index (χ1) is 16.0. The maximum atomic E-state index is 12.4. The average molecular weight is 468 g/mol. The third-order valence-electron chi connectivity index (χ3n) is 4.43. The van der Waals surface area contributed by atoms with E-state index in [1.807, 2.05) is 18.2 Å². The number of methoxy groups -OCH3 is 2. The molecule has 0 spiro atoms. The molecule has 1 amide bonds. The third kappa shape index (κ3) is 6.47. The first kappa shape index (κ1) is 23.6. The van der Waals surface area contributed by atoms with Crippen molar-refractivity contribution >= 4 is 35.4 Å². The van der Waals surface area contributed by atoms with Crippen LogP contribution in [-0.4, -0.2) is 38.9 Å². The van der Waals surface area contributed by atoms with Crippen molar-refractivity contribution in [3.05, 3.63) is 82.9 Å². The Morgan fingerprint density at radius 1 is 0.939 bits per heavy atom. The summed E-state index contributed by atoms with van der Waals surface area (Å²) < 4.78 is 16.0. The number of hydrazone groups is 1. The van der Waals surface area contributed by atoms with Crippen LogP contribution in [0, 0.1) is 0 Å². The number of benzene rings is 3. The van der Waals surface area contributed by atoms with Gasteiger partial charge in [-0.05, 0) is 48.0 Å². The largest absolute Gasteiger partial charge is 0.495 e. The van der Waals surface area contributed by atoms with E-state index >= 15 is 0 Å². The van der Waals surface area contributed by atoms with Gasteiger partial charge in [0.25, 0.3) is 5.91 Å². The van der Waals surface area contributed by atoms with Crippen LogP contribution in [0.25, 0.3) is 0 Å². The van der Waals surface area contributed by atoms with E-state index in [1.54, 1.807) is 55.6 Å². The number of anilines is 1. The molecule has 0 radical (unpaired) electrons. The van der Waals surface area contributed by atoms with Gasteiger partial charge in [-0.1, -0.05) is 35.9 Å². The van der Waals surface area contributed by atoms with Gasteiger partial charge in [0.1, 0.15) is 5.75 Å². The Bertz CT molecular complexity index is 1170. The van der Waals surface area contributed by atoms with E-state index in [0.717, 1.165) is 0 Å². The molecule has 0 heterocycles. The summed E-state index contributed by atoms with van der Waals surface area (Å²) in [6.45, 7) is 0.0119. The zero-order valence-corrected chi connectivity index (χ0v) is 18.8. The van der Waals surface area contributed by atoms with Crippen LogP contribution >= 0.6 is 11.6 Å². The highest BCUT2D eigenvalue weighted by atomic mass is 35.5. The van der Waals surface area contributed by atoms with Gasteiger partial charge in [-0.15, -0.1) is 0 Å². The van der Waals surface area contributed by atoms with Crippen molar-refractivity contribution in [1.29, 1.82) is 0 Å². The number of rotatable bonds is 9. The Morgan fingerprint density at radius 2 is 1.67 bits per heavy atom. The molecule has 0 bridgehead atoms. The number of hydrogen-bond donors (Lipinski definition) is 2. The highest BCUT2D eigenvalue weighted by molar-refractivity contribution is 6.33. The van der Waals surface area contributed by atoms with Crippen molar-refractivity contribution in [1.82, 2.24) is 5.43 Å². The molecule has 33 heavy (non-hydrogen) atoms. The number of halogens is 1. The minimum Gasteiger partial charge on any atom is -0.495 e. The van der Waals surface area contributed by atoms with Gasteiger partial charge in [-0.2, -0.15) is 5.10 Å². The van der Waals surface area contributed by atoms with Crippen molar-refractivity contribution in [2.24, 2.45) is 5.10 Å². The number of nitrogens with one attached hydrogen (secondary N) is 2. The minimum atomic E-state index is -0.602. The molecule has 8 nitrogen and oxygen atoms in total. The zero-order valence-electron chi connectivity index (χ0n) is 18.0. The fourth-order valence-corrected chi connectivity index (χ4v) is 3.03. The molecule has 0 saturated carbocycles. The van der Waals surface area contributed by atoms with E-state index in [9.17, 15) is 9.59 Å². The van der Waals surface area contributed by atoms with Crippen molar-refractivity contribution in [2.45, 2.75) is 0 Å². The Labute approximate surface area is 196 Å². The SMILES string of the molecule is COc1ccccc1NCC(=O)N/N=C/c1ccc(OC(=O)c2ccccc2Cl)c(OC)c1. The van der Waals surface area contributed by atoms with Crippen LogP contribution in [-0.2, 0) is 4.79 Å². The molecule has 3 aromatic carbocycles. The molecular formula is C24H22ClN3O5. The zero-order chi connectivity index (χ0) is 23.6. The smallest absolute Gasteiger partial charge is 0.345 e. The number of hydrogen-bond acceptors (Lipinski definition) is 7. The lowest BCUT2D eigenvalue weighted by Crippen LogP contribution is -2.26. The molecular weight excluding hydrogens is 446 g/mol. The van der Waals surface area contributed by atoms with E-state index in [4.69, 9.17) is 25.8 Å². The normalized spacial score (nSPS) is 10.5. The summed E-state index contributed by atoms with van der Waals surface area (Å²) in [6.07, 6.45) is 1.45. The molecule has 3 aromatic rings. The fourth-order valence-electron chi connectivity index (χ4n) is 2.81. The molecule has 2 N–H and O–H groups in total. The van der Waals surface area contributed by atoms with E-state index in [-0.39, 0.29) is 23.8 Å². The predicted octanol–water partition coefficient (Wildman–Crippen LogP) is 4.14. The van der Waals surface area contributed by atoms with Gasteiger partial charge in [-0.25, -0.2) is 10.2 Å². The van der Waals surface area contributed by atoms with Crippen molar-refractivity contribution in [3.8, 4) is 17.2 Å². The molecule has 9 heteroatoms. The van der Waals surface area contributed by atoms with Crippen LogP contribution < -0.4 is 25.0 Å². The number of nitrogens with zero attached hydrogens (tertiary/aromatic N) is 1. The number of esters is 1. The number of carbonyl (C=O) groups is 2. The second-order valence-corrected chi connectivity index (χ2v) is 7.03. The molecule has 0 aliphatic rings. The van der Waals surface area contributed by atoms with Crippen molar-refractivity contribution < 1.29 is 23.8 Å². The van der Waals surface area contributed by atoms with Gasteiger partial charge < -0.3 is 19.5 Å². The van der Waals surface area contributed by atoms with Crippen LogP contribution in [0.4, 0.5) is 5.69 Å². The minimum absolute atomic E-state index is 0.0119. The Hall–Kier alpha value is -4.04. The lowest BCUT2D eigenvalue weighted by Gasteiger charge is -2.11. The van der Waals surface area contributed by atoms with E-state index in [0.29, 0.717) is 27.8 Å². The van der Waals surface area contributed by atoms with Gasteiger partial charge in [0, 0.05) is 0 Å². The number of amides is 1. The van der Waals surface area contributed by atoms with Gasteiger partial charge in [-0.3, -0.25) is 4.79 Å². The predicted molar refractivity (Wildman–Crippen MR) is 127 cm³/mol. The van der Waals surface area contributed by atoms with E-state index < -0.39 is 5.97 Å². The summed E-state index contributed by atoms with van der Waals surface area (Å²) in [5.41, 5.74) is 4.01. The summed E-state index contributed by atoms with van der Waals surface area (Å²) in [4.78, 5) is 24.4. The van der Waals surface area contributed by atoms with Crippen LogP contribution in [0.15, 0.2) is 71.8 Å². The molecule has 0 aliphatic carbocycles. The fraction of sp³-hybridized carbons (Fsp3) is 0.125. The van der Waals surface area contributed by atoms with Gasteiger partial charge in [0.15, 0.2) is 11.5 Å². The Kier molecular flexibility index (Phi) is 8.26. The van der Waals surface area contributed by atoms with Crippen molar-refractivity contribution in [2.75, 3.05) is 26.1 Å². The van der Waals surface area contributed by atoms with Crippen LogP contribution in [0.1, 0.15) is 15.9 Å². The second kappa shape index (κ2) is 11.5. The Morgan fingerprint density at radius 3 is 2.42 bits per heavy atom. The quantitative estimate of drug-likeness (QED) is 0.212. The van der Waals surface area contributed by atoms with Crippen LogP contribution in [0.3, 0.4) is 0 Å². The third-order valence-corrected chi connectivity index (χ3v) is 4.76. The molecule has 0 unspecified atom stereocenters.